The quantitative estimate of drug-likeness (QED) is 0.191. The first-order valence-corrected chi connectivity index (χ1v) is 13.0. The number of rotatable bonds is 10. The second-order valence-electron chi connectivity index (χ2n) is 5.58. The second kappa shape index (κ2) is 10.8. The molecule has 6 heteroatoms. The maximum absolute atomic E-state index is 11.8. The Bertz CT molecular complexity index is 513. The minimum atomic E-state index is -0.940. The van der Waals surface area contributed by atoms with Gasteiger partial charge in [0.25, 0.3) is 0 Å². The zero-order chi connectivity index (χ0) is 18.1. The van der Waals surface area contributed by atoms with Gasteiger partial charge in [0.15, 0.2) is 0 Å². The number of alkyl halides is 2. The van der Waals surface area contributed by atoms with E-state index in [2.05, 4.69) is 22.0 Å². The van der Waals surface area contributed by atoms with Crippen LogP contribution in [-0.2, 0) is 4.74 Å². The van der Waals surface area contributed by atoms with E-state index in [1.165, 1.54) is 10.5 Å². The van der Waals surface area contributed by atoms with Gasteiger partial charge in [-0.2, -0.15) is 0 Å². The fraction of sp³-hybridized carbons (Fsp3) is 0.611. The van der Waals surface area contributed by atoms with Crippen LogP contribution < -0.4 is 4.74 Å². The molecule has 138 valence electrons. The van der Waals surface area contributed by atoms with Gasteiger partial charge in [-0.05, 0) is 6.92 Å². The van der Waals surface area contributed by atoms with Crippen LogP contribution in [0.4, 0.5) is 0 Å². The normalized spacial score (nSPS) is 11.5. The fourth-order valence-electron chi connectivity index (χ4n) is 2.22. The molecule has 1 aromatic rings. The third-order valence-corrected chi connectivity index (χ3v) is 9.58. The molecular formula is C18H30INO4. The number of unbranched alkanes of at least 4 members (excludes halogenated alkanes) is 1. The maximum atomic E-state index is 11.8. The Hall–Kier alpha value is -1.02. The summed E-state index contributed by atoms with van der Waals surface area (Å²) < 4.78 is 14.5. The Morgan fingerprint density at radius 2 is 2.00 bits per heavy atom. The summed E-state index contributed by atoms with van der Waals surface area (Å²) in [7, 11) is 2.21. The van der Waals surface area contributed by atoms with Crippen molar-refractivity contribution >= 4 is 26.1 Å². The van der Waals surface area contributed by atoms with Crippen LogP contribution in [0.2, 0.25) is 0 Å². The molecule has 0 saturated heterocycles. The molecule has 0 aliphatic carbocycles. The minimum absolute atomic E-state index is 0.0880. The van der Waals surface area contributed by atoms with Gasteiger partial charge >= 0.3 is 146 Å². The van der Waals surface area contributed by atoms with E-state index in [1.807, 2.05) is 0 Å². The van der Waals surface area contributed by atoms with Crippen LogP contribution in [0.1, 0.15) is 42.6 Å². The number of benzene rings is 1. The third-order valence-electron chi connectivity index (χ3n) is 3.77. The summed E-state index contributed by atoms with van der Waals surface area (Å²) in [6, 6.07) is 3.26. The molecule has 5 nitrogen and oxygen atoms in total. The van der Waals surface area contributed by atoms with E-state index in [9.17, 15) is 9.90 Å². The fourth-order valence-corrected chi connectivity index (χ4v) is 5.85. The van der Waals surface area contributed by atoms with Gasteiger partial charge in [0.05, 0.1) is 0 Å². The molecule has 0 aliphatic rings. The van der Waals surface area contributed by atoms with Crippen LogP contribution in [0, 0.1) is 6.92 Å². The summed E-state index contributed by atoms with van der Waals surface area (Å²) in [5.74, 6) is 0.00394. The van der Waals surface area contributed by atoms with Gasteiger partial charge in [-0.15, -0.1) is 0 Å². The Balaban J connectivity index is 2.48. The van der Waals surface area contributed by atoms with Crippen LogP contribution in [0.3, 0.4) is 0 Å². The van der Waals surface area contributed by atoms with Gasteiger partial charge in [-0.25, -0.2) is 0 Å². The van der Waals surface area contributed by atoms with E-state index in [0.29, 0.717) is 17.9 Å². The second-order valence-corrected chi connectivity index (χ2v) is 11.5. The Morgan fingerprint density at radius 3 is 2.58 bits per heavy atom. The number of ether oxygens (including phenoxy) is 2. The van der Waals surface area contributed by atoms with Crippen molar-refractivity contribution in [3.8, 4) is 11.5 Å². The van der Waals surface area contributed by atoms with Gasteiger partial charge < -0.3 is 0 Å². The standard InChI is InChI=1S/C18H30INO4/c1-6-20(5)19(4)10-8-9-11-24-15-12-14(3)17(16(21)13-15)18(22)23-7-2/h12-13,21H,6-11H2,1-5H3. The van der Waals surface area contributed by atoms with Crippen molar-refractivity contribution in [2.75, 3.05) is 36.2 Å². The number of carbonyl (C=O) groups excluding carboxylic acids is 1. The van der Waals surface area contributed by atoms with E-state index in [1.54, 1.807) is 19.9 Å². The van der Waals surface area contributed by atoms with Gasteiger partial charge in [-0.3, -0.25) is 0 Å². The summed E-state index contributed by atoms with van der Waals surface area (Å²) in [5.41, 5.74) is 0.877. The molecule has 0 radical (unpaired) electrons. The van der Waals surface area contributed by atoms with Crippen LogP contribution >= 0.6 is 20.1 Å². The average molecular weight is 451 g/mol. The number of aromatic hydroxyl groups is 1. The molecule has 0 saturated carbocycles. The number of hydrogen-bond acceptors (Lipinski definition) is 5. The Morgan fingerprint density at radius 1 is 1.29 bits per heavy atom. The third kappa shape index (κ3) is 6.47. The number of hydrogen-bond donors (Lipinski definition) is 1. The number of phenolic OH excluding ortho intramolecular Hbond substituents is 1. The summed E-state index contributed by atoms with van der Waals surface area (Å²) in [5, 5.41) is 10.1. The van der Waals surface area contributed by atoms with E-state index < -0.39 is 26.1 Å². The van der Waals surface area contributed by atoms with Crippen LogP contribution in [0.5, 0.6) is 11.5 Å². The van der Waals surface area contributed by atoms with Crippen molar-refractivity contribution in [1.82, 2.24) is 3.11 Å². The van der Waals surface area contributed by atoms with Crippen LogP contribution in [0.25, 0.3) is 0 Å². The molecule has 0 fully saturated rings. The number of esters is 1. The molecule has 1 rings (SSSR count). The first-order valence-electron chi connectivity index (χ1n) is 8.31. The first-order chi connectivity index (χ1) is 11.4. The first kappa shape index (κ1) is 21.0. The summed E-state index contributed by atoms with van der Waals surface area (Å²) in [6.07, 6.45) is 2.16. The van der Waals surface area contributed by atoms with E-state index in [0.717, 1.165) is 19.4 Å². The molecule has 0 heterocycles. The topological polar surface area (TPSA) is 59.0 Å². The summed E-state index contributed by atoms with van der Waals surface area (Å²) in [6.45, 7) is 7.75. The molecule has 1 aromatic carbocycles. The van der Waals surface area contributed by atoms with E-state index >= 15 is 0 Å². The molecule has 24 heavy (non-hydrogen) atoms. The number of halogens is 1. The Kier molecular flexibility index (Phi) is 9.43. The van der Waals surface area contributed by atoms with Crippen molar-refractivity contribution in [2.24, 2.45) is 0 Å². The predicted molar refractivity (Wildman–Crippen MR) is 107 cm³/mol. The van der Waals surface area contributed by atoms with Crippen LogP contribution in [-0.4, -0.2) is 50.4 Å². The monoisotopic (exact) mass is 451 g/mol. The molecule has 0 bridgehead atoms. The zero-order valence-corrected chi connectivity index (χ0v) is 17.6. The summed E-state index contributed by atoms with van der Waals surface area (Å²) >= 11 is -0.940. The van der Waals surface area contributed by atoms with Crippen molar-refractivity contribution in [3.05, 3.63) is 23.3 Å². The van der Waals surface area contributed by atoms with Crippen molar-refractivity contribution < 1.29 is 19.4 Å². The SMILES string of the molecule is CCOC(=O)c1c(C)cc(OCCCCI(C)N(C)CC)cc1O. The Labute approximate surface area is 153 Å². The van der Waals surface area contributed by atoms with E-state index in [4.69, 9.17) is 9.47 Å². The number of aryl methyl sites for hydroxylation is 1. The van der Waals surface area contributed by atoms with Crippen molar-refractivity contribution in [1.29, 1.82) is 0 Å². The molecule has 0 aliphatic heterocycles. The molecule has 1 N–H and O–H groups in total. The number of phenols is 1. The van der Waals surface area contributed by atoms with Gasteiger partial charge in [-0.1, -0.05) is 0 Å². The number of carbonyl (C=O) groups is 1. The van der Waals surface area contributed by atoms with Gasteiger partial charge in [0, 0.05) is 0 Å². The molecule has 0 amide bonds. The summed E-state index contributed by atoms with van der Waals surface area (Å²) in [4.78, 5) is 14.2. The molecule has 0 aromatic heterocycles. The zero-order valence-electron chi connectivity index (χ0n) is 15.4. The predicted octanol–water partition coefficient (Wildman–Crippen LogP) is 4.04. The average Bonchev–Trinajstić information content (AvgIpc) is 2.53. The molecule has 0 unspecified atom stereocenters. The van der Waals surface area contributed by atoms with E-state index in [-0.39, 0.29) is 17.9 Å². The molecule has 0 atom stereocenters. The van der Waals surface area contributed by atoms with Gasteiger partial charge in [0.1, 0.15) is 0 Å². The molecular weight excluding hydrogens is 421 g/mol. The van der Waals surface area contributed by atoms with Crippen LogP contribution in [0.15, 0.2) is 12.1 Å². The molecule has 0 spiro atoms. The number of nitrogens with zero attached hydrogens (tertiary/aromatic N) is 1. The van der Waals surface area contributed by atoms with Gasteiger partial charge in [0.2, 0.25) is 0 Å². The van der Waals surface area contributed by atoms with Crippen molar-refractivity contribution in [3.63, 3.8) is 0 Å². The van der Waals surface area contributed by atoms with Crippen molar-refractivity contribution in [2.45, 2.75) is 33.6 Å².